The predicted octanol–water partition coefficient (Wildman–Crippen LogP) is 3.65. The molecule has 4 nitrogen and oxygen atoms in total. The van der Waals surface area contributed by atoms with Crippen LogP contribution in [-0.2, 0) is 20.4 Å². The molecule has 0 radical (unpaired) electrons. The number of rotatable bonds is 2. The van der Waals surface area contributed by atoms with Crippen LogP contribution >= 0.6 is 0 Å². The van der Waals surface area contributed by atoms with Crippen LogP contribution in [0.3, 0.4) is 0 Å². The molecule has 1 saturated heterocycles. The van der Waals surface area contributed by atoms with Gasteiger partial charge in [-0.2, -0.15) is 0 Å². The molecule has 0 spiro atoms. The Hall–Kier alpha value is -2.92. The van der Waals surface area contributed by atoms with Crippen LogP contribution in [0.4, 0.5) is 0 Å². The van der Waals surface area contributed by atoms with Gasteiger partial charge in [0.05, 0.1) is 4.90 Å². The van der Waals surface area contributed by atoms with Gasteiger partial charge >= 0.3 is 0 Å². The second kappa shape index (κ2) is 5.54. The zero-order chi connectivity index (χ0) is 18.6. The molecule has 3 aromatic rings. The number of fused-ring (bicyclic) bond motifs is 3. The van der Waals surface area contributed by atoms with Crippen LogP contribution < -0.4 is 0 Å². The van der Waals surface area contributed by atoms with Gasteiger partial charge in [-0.3, -0.25) is 4.79 Å². The lowest BCUT2D eigenvalue weighted by Crippen LogP contribution is -2.44. The summed E-state index contributed by atoms with van der Waals surface area (Å²) in [7, 11) is -3.90. The molecule has 2 atom stereocenters. The van der Waals surface area contributed by atoms with Gasteiger partial charge in [0.15, 0.2) is 0 Å². The molecule has 27 heavy (non-hydrogen) atoms. The van der Waals surface area contributed by atoms with Crippen LogP contribution in [0, 0.1) is 0 Å². The molecule has 0 saturated carbocycles. The third kappa shape index (κ3) is 1.97. The van der Waals surface area contributed by atoms with E-state index in [2.05, 4.69) is 0 Å². The summed E-state index contributed by atoms with van der Waals surface area (Å²) in [5.74, 6) is -0.643. The minimum absolute atomic E-state index is 0.159. The molecule has 2 heterocycles. The predicted molar refractivity (Wildman–Crippen MR) is 101 cm³/mol. The van der Waals surface area contributed by atoms with Crippen LogP contribution in [0.15, 0.2) is 89.8 Å². The lowest BCUT2D eigenvalue weighted by atomic mass is 9.71. The monoisotopic (exact) mass is 375 g/mol. The first kappa shape index (κ1) is 16.3. The van der Waals surface area contributed by atoms with Gasteiger partial charge in [-0.25, -0.2) is 12.7 Å². The summed E-state index contributed by atoms with van der Waals surface area (Å²) in [6, 6.07) is 26.2. The maximum absolute atomic E-state index is 13.3. The SMILES string of the molecule is O=C1C[C@H](c2ccccc2)[C@@]2(c3ccccc3)c3ccccc3S(=O)(=O)N12. The zero-order valence-corrected chi connectivity index (χ0v) is 15.3. The van der Waals surface area contributed by atoms with E-state index in [0.29, 0.717) is 5.56 Å². The number of carbonyl (C=O) groups is 1. The number of nitrogens with zero attached hydrogens (tertiary/aromatic N) is 1. The summed E-state index contributed by atoms with van der Waals surface area (Å²) < 4.78 is 27.8. The van der Waals surface area contributed by atoms with Crippen LogP contribution in [0.25, 0.3) is 0 Å². The minimum atomic E-state index is -3.90. The van der Waals surface area contributed by atoms with Crippen molar-refractivity contribution in [2.45, 2.75) is 22.8 Å². The molecule has 134 valence electrons. The van der Waals surface area contributed by atoms with Gasteiger partial charge in [-0.1, -0.05) is 78.9 Å². The number of hydrogen-bond donors (Lipinski definition) is 0. The van der Waals surface area contributed by atoms with Crippen molar-refractivity contribution in [3.05, 3.63) is 102 Å². The highest BCUT2D eigenvalue weighted by Gasteiger charge is 2.65. The molecular formula is C22H17NO3S. The number of hydrogen-bond acceptors (Lipinski definition) is 3. The van der Waals surface area contributed by atoms with Crippen LogP contribution in [0.2, 0.25) is 0 Å². The highest BCUT2D eigenvalue weighted by atomic mass is 32.2. The van der Waals surface area contributed by atoms with Crippen molar-refractivity contribution in [1.82, 2.24) is 4.31 Å². The van der Waals surface area contributed by atoms with Crippen LogP contribution in [0.5, 0.6) is 0 Å². The van der Waals surface area contributed by atoms with E-state index in [1.54, 1.807) is 12.1 Å². The Balaban J connectivity index is 1.92. The van der Waals surface area contributed by atoms with Gasteiger partial charge in [0.1, 0.15) is 5.54 Å². The fraction of sp³-hybridized carbons (Fsp3) is 0.136. The molecule has 2 aliphatic heterocycles. The number of benzene rings is 3. The zero-order valence-electron chi connectivity index (χ0n) is 14.4. The van der Waals surface area contributed by atoms with E-state index in [1.807, 2.05) is 72.8 Å². The van der Waals surface area contributed by atoms with Gasteiger partial charge in [0.2, 0.25) is 5.91 Å². The Bertz CT molecular complexity index is 1140. The summed E-state index contributed by atoms with van der Waals surface area (Å²) in [5, 5.41) is 0. The lowest BCUT2D eigenvalue weighted by molar-refractivity contribution is -0.125. The van der Waals surface area contributed by atoms with E-state index >= 15 is 0 Å². The molecule has 5 heteroatoms. The quantitative estimate of drug-likeness (QED) is 0.687. The maximum Gasteiger partial charge on any atom is 0.268 e. The maximum atomic E-state index is 13.3. The van der Waals surface area contributed by atoms with Crippen molar-refractivity contribution in [2.75, 3.05) is 0 Å². The summed E-state index contributed by atoms with van der Waals surface area (Å²) >= 11 is 0. The normalized spacial score (nSPS) is 25.3. The third-order valence-corrected chi connectivity index (χ3v) is 7.55. The Morgan fingerprint density at radius 2 is 1.41 bits per heavy atom. The van der Waals surface area contributed by atoms with Crippen molar-refractivity contribution >= 4 is 15.9 Å². The number of carbonyl (C=O) groups excluding carboxylic acids is 1. The first-order chi connectivity index (χ1) is 13.1. The largest absolute Gasteiger partial charge is 0.274 e. The third-order valence-electron chi connectivity index (χ3n) is 5.66. The summed E-state index contributed by atoms with van der Waals surface area (Å²) in [5.41, 5.74) is 1.41. The van der Waals surface area contributed by atoms with Crippen molar-refractivity contribution < 1.29 is 13.2 Å². The van der Waals surface area contributed by atoms with E-state index in [9.17, 15) is 13.2 Å². The fourth-order valence-electron chi connectivity index (χ4n) is 4.68. The standard InChI is InChI=1S/C22H17NO3S/c24-21-15-19(16-9-3-1-4-10-16)22(17-11-5-2-6-12-17)18-13-7-8-14-20(18)27(25,26)23(21)22/h1-14,19H,15H2/t19-,22-/m1/s1. The average molecular weight is 375 g/mol. The van der Waals surface area contributed by atoms with Gasteiger partial charge in [-0.15, -0.1) is 0 Å². The topological polar surface area (TPSA) is 54.5 Å². The molecule has 0 aromatic heterocycles. The van der Waals surface area contributed by atoms with E-state index in [4.69, 9.17) is 0 Å². The van der Waals surface area contributed by atoms with E-state index in [0.717, 1.165) is 15.4 Å². The molecule has 3 aromatic carbocycles. The van der Waals surface area contributed by atoms with Crippen molar-refractivity contribution in [3.63, 3.8) is 0 Å². The first-order valence-electron chi connectivity index (χ1n) is 8.86. The summed E-state index contributed by atoms with van der Waals surface area (Å²) in [6.45, 7) is 0. The van der Waals surface area contributed by atoms with Gasteiger partial charge in [0.25, 0.3) is 10.0 Å². The highest BCUT2D eigenvalue weighted by Crippen LogP contribution is 2.60. The molecule has 1 fully saturated rings. The van der Waals surface area contributed by atoms with Crippen molar-refractivity contribution in [3.8, 4) is 0 Å². The van der Waals surface area contributed by atoms with E-state index in [-0.39, 0.29) is 23.1 Å². The minimum Gasteiger partial charge on any atom is -0.274 e. The number of amides is 1. The highest BCUT2D eigenvalue weighted by molar-refractivity contribution is 7.90. The molecule has 0 bridgehead atoms. The van der Waals surface area contributed by atoms with E-state index < -0.39 is 15.6 Å². The summed E-state index contributed by atoms with van der Waals surface area (Å²) in [6.07, 6.45) is 0.159. The van der Waals surface area contributed by atoms with Crippen molar-refractivity contribution in [2.24, 2.45) is 0 Å². The van der Waals surface area contributed by atoms with Crippen LogP contribution in [0.1, 0.15) is 29.0 Å². The number of sulfonamides is 1. The second-order valence-electron chi connectivity index (χ2n) is 6.96. The van der Waals surface area contributed by atoms with Crippen LogP contribution in [-0.4, -0.2) is 18.6 Å². The Kier molecular flexibility index (Phi) is 3.34. The molecule has 1 amide bonds. The Morgan fingerprint density at radius 3 is 2.11 bits per heavy atom. The molecule has 0 unspecified atom stereocenters. The average Bonchev–Trinajstić information content (AvgIpc) is 3.14. The second-order valence-corrected chi connectivity index (χ2v) is 8.71. The van der Waals surface area contributed by atoms with Gasteiger partial charge < -0.3 is 0 Å². The summed E-state index contributed by atoms with van der Waals surface area (Å²) in [4.78, 5) is 13.3. The molecule has 0 N–H and O–H groups in total. The molecule has 2 aliphatic rings. The Morgan fingerprint density at radius 1 is 0.815 bits per heavy atom. The smallest absolute Gasteiger partial charge is 0.268 e. The lowest BCUT2D eigenvalue weighted by Gasteiger charge is -2.37. The Labute approximate surface area is 158 Å². The van der Waals surface area contributed by atoms with Gasteiger partial charge in [-0.05, 0) is 17.2 Å². The molecule has 0 aliphatic carbocycles. The van der Waals surface area contributed by atoms with Gasteiger partial charge in [0, 0.05) is 17.9 Å². The molecule has 5 rings (SSSR count). The van der Waals surface area contributed by atoms with E-state index in [1.165, 1.54) is 0 Å². The van der Waals surface area contributed by atoms with Crippen molar-refractivity contribution in [1.29, 1.82) is 0 Å². The molecular weight excluding hydrogens is 358 g/mol. The fourth-order valence-corrected chi connectivity index (χ4v) is 6.68. The first-order valence-corrected chi connectivity index (χ1v) is 10.3.